The minimum Gasteiger partial charge on any atom is -0.392 e. The molecule has 106 valence electrons. The molecular weight excluding hydrogens is 291 g/mol. The summed E-state index contributed by atoms with van der Waals surface area (Å²) in [6, 6.07) is 13.7. The lowest BCUT2D eigenvalue weighted by Gasteiger charge is -2.07. The van der Waals surface area contributed by atoms with Gasteiger partial charge in [0, 0.05) is 4.90 Å². The Balaban J connectivity index is 1.95. The number of para-hydroxylation sites is 1. The number of rotatable bonds is 4. The fraction of sp³-hybridized carbons (Fsp3) is 0.0714. The third-order valence-electron chi connectivity index (χ3n) is 2.84. The molecule has 0 aliphatic heterocycles. The Morgan fingerprint density at radius 1 is 1.14 bits per heavy atom. The molecule has 0 unspecified atom stereocenters. The van der Waals surface area contributed by atoms with Crippen molar-refractivity contribution in [3.63, 3.8) is 0 Å². The number of hydrogen-bond donors (Lipinski definition) is 1. The molecule has 0 radical (unpaired) electrons. The van der Waals surface area contributed by atoms with Crippen molar-refractivity contribution in [1.29, 1.82) is 0 Å². The van der Waals surface area contributed by atoms with Gasteiger partial charge in [-0.2, -0.15) is 4.68 Å². The van der Waals surface area contributed by atoms with E-state index >= 15 is 0 Å². The number of aromatic nitrogens is 4. The lowest BCUT2D eigenvalue weighted by molar-refractivity contribution is 0.278. The normalized spacial score (nSPS) is 10.8. The predicted molar refractivity (Wildman–Crippen MR) is 75.6 cm³/mol. The number of benzene rings is 2. The van der Waals surface area contributed by atoms with Crippen LogP contribution in [0.3, 0.4) is 0 Å². The van der Waals surface area contributed by atoms with Gasteiger partial charge < -0.3 is 5.11 Å². The van der Waals surface area contributed by atoms with Gasteiger partial charge in [-0.05, 0) is 58.1 Å². The zero-order valence-electron chi connectivity index (χ0n) is 10.8. The molecule has 21 heavy (non-hydrogen) atoms. The summed E-state index contributed by atoms with van der Waals surface area (Å²) in [4.78, 5) is 0.714. The van der Waals surface area contributed by atoms with E-state index in [4.69, 9.17) is 0 Å². The molecule has 3 aromatic rings. The number of nitrogens with zero attached hydrogens (tertiary/aromatic N) is 4. The second-order valence-corrected chi connectivity index (χ2v) is 5.23. The molecule has 0 spiro atoms. The summed E-state index contributed by atoms with van der Waals surface area (Å²) in [5.74, 6) is -0.383. The number of hydrogen-bond acceptors (Lipinski definition) is 5. The maximum Gasteiger partial charge on any atom is 0.218 e. The molecule has 1 heterocycles. The minimum absolute atomic E-state index is 0.243. The van der Waals surface area contributed by atoms with E-state index in [0.717, 1.165) is 5.69 Å². The number of aliphatic hydroxyl groups excluding tert-OH is 1. The average Bonchev–Trinajstić information content (AvgIpc) is 2.98. The SMILES string of the molecule is OCc1cc(F)ccc1Sc1nnnn1-c1ccccc1. The van der Waals surface area contributed by atoms with Crippen LogP contribution in [0.4, 0.5) is 4.39 Å². The summed E-state index contributed by atoms with van der Waals surface area (Å²) in [5, 5.41) is 21.5. The molecule has 0 bridgehead atoms. The summed E-state index contributed by atoms with van der Waals surface area (Å²) in [5.41, 5.74) is 1.33. The van der Waals surface area contributed by atoms with Gasteiger partial charge in [0.15, 0.2) is 0 Å². The van der Waals surface area contributed by atoms with Gasteiger partial charge in [-0.15, -0.1) is 5.10 Å². The zero-order chi connectivity index (χ0) is 14.7. The van der Waals surface area contributed by atoms with E-state index in [0.29, 0.717) is 15.6 Å². The Hall–Kier alpha value is -2.25. The first-order valence-corrected chi connectivity index (χ1v) is 7.00. The number of halogens is 1. The third-order valence-corrected chi connectivity index (χ3v) is 3.89. The molecule has 0 amide bonds. The summed E-state index contributed by atoms with van der Waals surface area (Å²) in [6.45, 7) is -0.243. The fourth-order valence-electron chi connectivity index (χ4n) is 1.84. The topological polar surface area (TPSA) is 63.8 Å². The highest BCUT2D eigenvalue weighted by Gasteiger charge is 2.12. The second kappa shape index (κ2) is 6.02. The Kier molecular flexibility index (Phi) is 3.94. The van der Waals surface area contributed by atoms with E-state index < -0.39 is 0 Å². The minimum atomic E-state index is -0.383. The first-order chi connectivity index (χ1) is 10.3. The molecule has 3 rings (SSSR count). The van der Waals surface area contributed by atoms with Gasteiger partial charge >= 0.3 is 0 Å². The molecule has 0 saturated carbocycles. The van der Waals surface area contributed by atoms with Crippen LogP contribution >= 0.6 is 11.8 Å². The van der Waals surface area contributed by atoms with Gasteiger partial charge in [-0.1, -0.05) is 18.2 Å². The molecule has 0 fully saturated rings. The van der Waals surface area contributed by atoms with Gasteiger partial charge in [0.05, 0.1) is 12.3 Å². The largest absolute Gasteiger partial charge is 0.392 e. The molecule has 0 aliphatic carbocycles. The lowest BCUT2D eigenvalue weighted by Crippen LogP contribution is -1.99. The van der Waals surface area contributed by atoms with Crippen LogP contribution in [0, 0.1) is 5.82 Å². The summed E-state index contributed by atoms with van der Waals surface area (Å²) < 4.78 is 14.8. The van der Waals surface area contributed by atoms with Crippen LogP contribution < -0.4 is 0 Å². The van der Waals surface area contributed by atoms with E-state index in [-0.39, 0.29) is 12.4 Å². The average molecular weight is 302 g/mol. The first kappa shape index (κ1) is 13.7. The van der Waals surface area contributed by atoms with Crippen LogP contribution in [0.5, 0.6) is 0 Å². The van der Waals surface area contributed by atoms with Gasteiger partial charge in [-0.25, -0.2) is 4.39 Å². The van der Waals surface area contributed by atoms with Crippen molar-refractivity contribution in [2.24, 2.45) is 0 Å². The summed E-state index contributed by atoms with van der Waals surface area (Å²) in [6.07, 6.45) is 0. The molecule has 5 nitrogen and oxygen atoms in total. The van der Waals surface area contributed by atoms with E-state index in [2.05, 4.69) is 15.5 Å². The van der Waals surface area contributed by atoms with Crippen LogP contribution in [0.25, 0.3) is 5.69 Å². The van der Waals surface area contributed by atoms with Crippen molar-refractivity contribution >= 4 is 11.8 Å². The Labute approximate surface area is 124 Å². The quantitative estimate of drug-likeness (QED) is 0.802. The van der Waals surface area contributed by atoms with Gasteiger partial charge in [0.1, 0.15) is 5.82 Å². The summed E-state index contributed by atoms with van der Waals surface area (Å²) >= 11 is 1.28. The highest BCUT2D eigenvalue weighted by molar-refractivity contribution is 7.99. The maximum atomic E-state index is 13.2. The molecule has 1 N–H and O–H groups in total. The fourth-order valence-corrected chi connectivity index (χ4v) is 2.74. The van der Waals surface area contributed by atoms with Crippen LogP contribution in [-0.2, 0) is 6.61 Å². The van der Waals surface area contributed by atoms with E-state index in [1.54, 1.807) is 10.7 Å². The van der Waals surface area contributed by atoms with E-state index in [1.165, 1.54) is 23.9 Å². The van der Waals surface area contributed by atoms with Crippen molar-refractivity contribution in [3.05, 3.63) is 59.9 Å². The molecular formula is C14H11FN4OS. The third kappa shape index (κ3) is 2.93. The Morgan fingerprint density at radius 3 is 2.71 bits per heavy atom. The van der Waals surface area contributed by atoms with Gasteiger partial charge in [0.25, 0.3) is 0 Å². The molecule has 0 saturated heterocycles. The van der Waals surface area contributed by atoms with Gasteiger partial charge in [0.2, 0.25) is 5.16 Å². The van der Waals surface area contributed by atoms with Crippen LogP contribution in [0.15, 0.2) is 58.6 Å². The highest BCUT2D eigenvalue weighted by Crippen LogP contribution is 2.30. The Morgan fingerprint density at radius 2 is 1.95 bits per heavy atom. The molecule has 0 aliphatic rings. The monoisotopic (exact) mass is 302 g/mol. The van der Waals surface area contributed by atoms with Crippen LogP contribution in [-0.4, -0.2) is 25.3 Å². The smallest absolute Gasteiger partial charge is 0.218 e. The van der Waals surface area contributed by atoms with E-state index in [9.17, 15) is 9.50 Å². The highest BCUT2D eigenvalue weighted by atomic mass is 32.2. The molecule has 2 aromatic carbocycles. The second-order valence-electron chi connectivity index (χ2n) is 4.22. The number of aliphatic hydroxyl groups is 1. The van der Waals surface area contributed by atoms with Crippen molar-refractivity contribution in [2.75, 3.05) is 0 Å². The van der Waals surface area contributed by atoms with Crippen molar-refractivity contribution < 1.29 is 9.50 Å². The lowest BCUT2D eigenvalue weighted by atomic mass is 10.2. The molecule has 7 heteroatoms. The maximum absolute atomic E-state index is 13.2. The first-order valence-electron chi connectivity index (χ1n) is 6.19. The molecule has 0 atom stereocenters. The van der Waals surface area contributed by atoms with E-state index in [1.807, 2.05) is 30.3 Å². The summed E-state index contributed by atoms with van der Waals surface area (Å²) in [7, 11) is 0. The van der Waals surface area contributed by atoms with Crippen molar-refractivity contribution in [1.82, 2.24) is 20.2 Å². The van der Waals surface area contributed by atoms with Gasteiger partial charge in [-0.3, -0.25) is 0 Å². The standard InChI is InChI=1S/C14H11FN4OS/c15-11-6-7-13(10(8-11)9-20)21-14-16-17-18-19(14)12-4-2-1-3-5-12/h1-8,20H,9H2. The van der Waals surface area contributed by atoms with Crippen molar-refractivity contribution in [3.8, 4) is 5.69 Å². The zero-order valence-corrected chi connectivity index (χ0v) is 11.7. The number of tetrazole rings is 1. The van der Waals surface area contributed by atoms with Crippen LogP contribution in [0.1, 0.15) is 5.56 Å². The Bertz CT molecular complexity index is 748. The van der Waals surface area contributed by atoms with Crippen LogP contribution in [0.2, 0.25) is 0 Å². The predicted octanol–water partition coefficient (Wildman–Crippen LogP) is 2.44. The van der Waals surface area contributed by atoms with Crippen molar-refractivity contribution in [2.45, 2.75) is 16.7 Å². The molecule has 1 aromatic heterocycles.